The number of rotatable bonds is 3. The molecule has 0 radical (unpaired) electrons. The monoisotopic (exact) mass is 386 g/mol. The smallest absolute Gasteiger partial charge is 0.257 e. The molecular weight excluding hydrogens is 364 g/mol. The van der Waals surface area contributed by atoms with Gasteiger partial charge in [0.2, 0.25) is 0 Å². The van der Waals surface area contributed by atoms with Gasteiger partial charge >= 0.3 is 0 Å². The number of methoxy groups -OCH3 is 1. The van der Waals surface area contributed by atoms with Gasteiger partial charge in [0.15, 0.2) is 0 Å². The van der Waals surface area contributed by atoms with Crippen molar-refractivity contribution in [2.24, 2.45) is 0 Å². The SMILES string of the molecule is COc1ccc(Cl)cc1C(=O)N1CC[C@H](c2ncc3c(n2)CCN(C)C3)C1. The van der Waals surface area contributed by atoms with Gasteiger partial charge in [0.25, 0.3) is 5.91 Å². The Hall–Kier alpha value is -2.18. The van der Waals surface area contributed by atoms with Crippen molar-refractivity contribution in [2.45, 2.75) is 25.3 Å². The second-order valence-corrected chi connectivity index (χ2v) is 7.71. The van der Waals surface area contributed by atoms with Crippen LogP contribution >= 0.6 is 11.6 Å². The summed E-state index contributed by atoms with van der Waals surface area (Å²) in [5.74, 6) is 1.51. The van der Waals surface area contributed by atoms with Crippen LogP contribution in [-0.2, 0) is 13.0 Å². The summed E-state index contributed by atoms with van der Waals surface area (Å²) in [7, 11) is 3.67. The van der Waals surface area contributed by atoms with Crippen LogP contribution in [0.3, 0.4) is 0 Å². The third kappa shape index (κ3) is 3.64. The van der Waals surface area contributed by atoms with Gasteiger partial charge in [-0.25, -0.2) is 9.97 Å². The molecular formula is C20H23ClN4O2. The van der Waals surface area contributed by atoms with Gasteiger partial charge in [-0.2, -0.15) is 0 Å². The highest BCUT2D eigenvalue weighted by molar-refractivity contribution is 6.31. The van der Waals surface area contributed by atoms with Crippen LogP contribution in [0.2, 0.25) is 5.02 Å². The van der Waals surface area contributed by atoms with E-state index in [0.717, 1.165) is 37.4 Å². The summed E-state index contributed by atoms with van der Waals surface area (Å²) in [5.41, 5.74) is 2.86. The number of likely N-dealkylation sites (tertiary alicyclic amines) is 1. The van der Waals surface area contributed by atoms with Crippen LogP contribution in [0, 0.1) is 0 Å². The van der Waals surface area contributed by atoms with E-state index < -0.39 is 0 Å². The molecule has 27 heavy (non-hydrogen) atoms. The molecule has 2 aliphatic heterocycles. The fraction of sp³-hybridized carbons (Fsp3) is 0.450. The Bertz CT molecular complexity index is 873. The predicted molar refractivity (Wildman–Crippen MR) is 103 cm³/mol. The number of hydrogen-bond acceptors (Lipinski definition) is 5. The number of halogens is 1. The zero-order chi connectivity index (χ0) is 19.0. The molecule has 2 aliphatic rings. The van der Waals surface area contributed by atoms with Crippen molar-refractivity contribution in [3.63, 3.8) is 0 Å². The van der Waals surface area contributed by atoms with Gasteiger partial charge in [-0.1, -0.05) is 11.6 Å². The first-order valence-electron chi connectivity index (χ1n) is 9.21. The van der Waals surface area contributed by atoms with Gasteiger partial charge in [-0.3, -0.25) is 4.79 Å². The van der Waals surface area contributed by atoms with Crippen molar-refractivity contribution in [1.82, 2.24) is 19.8 Å². The van der Waals surface area contributed by atoms with Gasteiger partial charge in [0, 0.05) is 61.0 Å². The van der Waals surface area contributed by atoms with E-state index in [-0.39, 0.29) is 11.8 Å². The summed E-state index contributed by atoms with van der Waals surface area (Å²) >= 11 is 6.08. The van der Waals surface area contributed by atoms with Crippen LogP contribution in [-0.4, -0.2) is 59.5 Å². The molecule has 6 nitrogen and oxygen atoms in total. The number of carbonyl (C=O) groups excluding carboxylic acids is 1. The molecule has 0 bridgehead atoms. The van der Waals surface area contributed by atoms with E-state index in [2.05, 4.69) is 16.9 Å². The van der Waals surface area contributed by atoms with Crippen molar-refractivity contribution >= 4 is 17.5 Å². The highest BCUT2D eigenvalue weighted by Crippen LogP contribution is 2.30. The van der Waals surface area contributed by atoms with E-state index in [1.165, 1.54) is 5.56 Å². The third-order valence-corrected chi connectivity index (χ3v) is 5.61. The van der Waals surface area contributed by atoms with Crippen LogP contribution in [0.1, 0.15) is 39.8 Å². The van der Waals surface area contributed by atoms with E-state index >= 15 is 0 Å². The Morgan fingerprint density at radius 2 is 2.19 bits per heavy atom. The van der Waals surface area contributed by atoms with Crippen molar-refractivity contribution in [3.8, 4) is 5.75 Å². The van der Waals surface area contributed by atoms with Gasteiger partial charge in [0.05, 0.1) is 12.7 Å². The van der Waals surface area contributed by atoms with Gasteiger partial charge in [0.1, 0.15) is 11.6 Å². The number of hydrogen-bond donors (Lipinski definition) is 0. The van der Waals surface area contributed by atoms with Crippen LogP contribution in [0.5, 0.6) is 5.75 Å². The first-order chi connectivity index (χ1) is 13.0. The molecule has 1 atom stereocenters. The molecule has 142 valence electrons. The normalized spacial score (nSPS) is 19.8. The Morgan fingerprint density at radius 3 is 3.00 bits per heavy atom. The Morgan fingerprint density at radius 1 is 1.33 bits per heavy atom. The second kappa shape index (κ2) is 7.44. The molecule has 7 heteroatoms. The molecule has 1 fully saturated rings. The first-order valence-corrected chi connectivity index (χ1v) is 9.59. The molecule has 0 spiro atoms. The topological polar surface area (TPSA) is 58.6 Å². The van der Waals surface area contributed by atoms with E-state index in [4.69, 9.17) is 21.3 Å². The summed E-state index contributed by atoms with van der Waals surface area (Å²) in [6.07, 6.45) is 3.78. The fourth-order valence-corrected chi connectivity index (χ4v) is 4.01. The van der Waals surface area contributed by atoms with Crippen LogP contribution in [0.25, 0.3) is 0 Å². The van der Waals surface area contributed by atoms with Crippen LogP contribution in [0.4, 0.5) is 0 Å². The Labute approximate surface area is 164 Å². The molecule has 1 aromatic carbocycles. The predicted octanol–water partition coefficient (Wildman–Crippen LogP) is 2.76. The lowest BCUT2D eigenvalue weighted by molar-refractivity contribution is 0.0787. The molecule has 0 unspecified atom stereocenters. The number of fused-ring (bicyclic) bond motifs is 1. The lowest BCUT2D eigenvalue weighted by Gasteiger charge is -2.24. The number of carbonyl (C=O) groups is 1. The maximum Gasteiger partial charge on any atom is 0.257 e. The molecule has 2 aromatic rings. The summed E-state index contributed by atoms with van der Waals surface area (Å²) in [4.78, 5) is 26.5. The molecule has 1 saturated heterocycles. The average molecular weight is 387 g/mol. The summed E-state index contributed by atoms with van der Waals surface area (Å²) < 4.78 is 5.33. The van der Waals surface area contributed by atoms with Crippen molar-refractivity contribution in [3.05, 3.63) is 52.1 Å². The fourth-order valence-electron chi connectivity index (χ4n) is 3.84. The van der Waals surface area contributed by atoms with E-state index in [0.29, 0.717) is 29.4 Å². The molecule has 0 N–H and O–H groups in total. The number of aromatic nitrogens is 2. The van der Waals surface area contributed by atoms with Gasteiger partial charge in [-0.15, -0.1) is 0 Å². The highest BCUT2D eigenvalue weighted by Gasteiger charge is 2.31. The minimum Gasteiger partial charge on any atom is -0.496 e. The minimum absolute atomic E-state index is 0.0589. The number of ether oxygens (including phenoxy) is 1. The molecule has 3 heterocycles. The van der Waals surface area contributed by atoms with Crippen molar-refractivity contribution < 1.29 is 9.53 Å². The lowest BCUT2D eigenvalue weighted by Crippen LogP contribution is -2.30. The summed E-state index contributed by atoms with van der Waals surface area (Å²) in [6, 6.07) is 5.12. The van der Waals surface area contributed by atoms with Crippen molar-refractivity contribution in [2.75, 3.05) is 33.8 Å². The molecule has 0 saturated carbocycles. The molecule has 1 aromatic heterocycles. The largest absolute Gasteiger partial charge is 0.496 e. The molecule has 0 aliphatic carbocycles. The Balaban J connectivity index is 1.51. The standard InChI is InChI=1S/C20H23ClN4O2/c1-24-7-6-17-14(11-24)10-22-19(23-17)13-5-8-25(12-13)20(26)16-9-15(21)3-4-18(16)27-2/h3-4,9-10,13H,5-8,11-12H2,1-2H3/t13-/m0/s1. The molecule has 4 rings (SSSR count). The zero-order valence-electron chi connectivity index (χ0n) is 15.6. The Kier molecular flexibility index (Phi) is 5.02. The van der Waals surface area contributed by atoms with Gasteiger partial charge in [-0.05, 0) is 31.7 Å². The maximum absolute atomic E-state index is 13.0. The first kappa shape index (κ1) is 18.2. The number of amides is 1. The quantitative estimate of drug-likeness (QED) is 0.811. The van der Waals surface area contributed by atoms with E-state index in [9.17, 15) is 4.79 Å². The van der Waals surface area contributed by atoms with Crippen LogP contribution < -0.4 is 4.74 Å². The zero-order valence-corrected chi connectivity index (χ0v) is 16.4. The summed E-state index contributed by atoms with van der Waals surface area (Å²) in [5, 5.41) is 0.526. The number of benzene rings is 1. The number of nitrogens with zero attached hydrogens (tertiary/aromatic N) is 4. The van der Waals surface area contributed by atoms with E-state index in [1.54, 1.807) is 25.3 Å². The van der Waals surface area contributed by atoms with Crippen molar-refractivity contribution in [1.29, 1.82) is 0 Å². The lowest BCUT2D eigenvalue weighted by atomic mass is 10.1. The molecule has 1 amide bonds. The number of likely N-dealkylation sites (N-methyl/N-ethyl adjacent to an activating group) is 1. The maximum atomic E-state index is 13.0. The van der Waals surface area contributed by atoms with E-state index in [1.807, 2.05) is 11.1 Å². The second-order valence-electron chi connectivity index (χ2n) is 7.27. The summed E-state index contributed by atoms with van der Waals surface area (Å²) in [6.45, 7) is 3.22. The highest BCUT2D eigenvalue weighted by atomic mass is 35.5. The van der Waals surface area contributed by atoms with Gasteiger partial charge < -0.3 is 14.5 Å². The average Bonchev–Trinajstić information content (AvgIpc) is 3.17. The minimum atomic E-state index is -0.0589. The third-order valence-electron chi connectivity index (χ3n) is 5.38. The van der Waals surface area contributed by atoms with Crippen LogP contribution in [0.15, 0.2) is 24.4 Å².